The number of fused-ring (bicyclic) bond motifs is 1. The van der Waals surface area contributed by atoms with Gasteiger partial charge in [-0.2, -0.15) is 4.99 Å². The van der Waals surface area contributed by atoms with Gasteiger partial charge >= 0.3 is 5.91 Å². The minimum Gasteiger partial charge on any atom is -0.467 e. The molecule has 4 heterocycles. The molecule has 5 aromatic rings. The number of hydrogen-bond donors (Lipinski definition) is 1. The number of carbonyl (C=O) groups excluding carboxylic acids is 2. The summed E-state index contributed by atoms with van der Waals surface area (Å²) in [6, 6.07) is 17.9. The summed E-state index contributed by atoms with van der Waals surface area (Å²) >= 11 is 1.39. The van der Waals surface area contributed by atoms with Gasteiger partial charge in [-0.15, -0.1) is 0 Å². The third kappa shape index (κ3) is 4.06. The molecule has 0 saturated heterocycles. The number of nitrogens with one attached hydrogen (secondary N) is 1. The van der Waals surface area contributed by atoms with Gasteiger partial charge in [0, 0.05) is 0 Å². The first-order valence-corrected chi connectivity index (χ1v) is 10.6. The molecule has 9 heteroatoms. The number of para-hydroxylation sites is 1. The third-order valence-corrected chi connectivity index (χ3v) is 5.78. The maximum absolute atomic E-state index is 12.5. The summed E-state index contributed by atoms with van der Waals surface area (Å²) in [4.78, 5) is 29.6. The molecule has 1 N–H and O–H groups in total. The average Bonchev–Trinajstić information content (AvgIpc) is 3.60. The number of thiazole rings is 1. The molecule has 0 spiro atoms. The van der Waals surface area contributed by atoms with Gasteiger partial charge in [-0.05, 0) is 48.5 Å². The van der Waals surface area contributed by atoms with Crippen molar-refractivity contribution in [2.75, 3.05) is 0 Å². The van der Waals surface area contributed by atoms with Crippen molar-refractivity contribution in [3.05, 3.63) is 101 Å². The van der Waals surface area contributed by atoms with E-state index in [1.807, 2.05) is 28.8 Å². The molecule has 0 unspecified atom stereocenters. The molecule has 2 amide bonds. The summed E-state index contributed by atoms with van der Waals surface area (Å²) in [5.41, 5.74) is 0.906. The van der Waals surface area contributed by atoms with Crippen molar-refractivity contribution < 1.29 is 22.8 Å². The smallest absolute Gasteiger partial charge is 0.315 e. The molecule has 160 valence electrons. The van der Waals surface area contributed by atoms with Crippen molar-refractivity contribution in [1.82, 2.24) is 9.88 Å². The van der Waals surface area contributed by atoms with Crippen molar-refractivity contribution in [1.29, 1.82) is 0 Å². The number of rotatable bonds is 6. The lowest BCUT2D eigenvalue weighted by Crippen LogP contribution is -2.22. The van der Waals surface area contributed by atoms with E-state index in [1.165, 1.54) is 17.6 Å². The number of carbonyl (C=O) groups is 2. The van der Waals surface area contributed by atoms with Gasteiger partial charge in [-0.25, -0.2) is 0 Å². The number of furan rings is 3. The van der Waals surface area contributed by atoms with Crippen LogP contribution < -0.4 is 10.1 Å². The molecule has 0 fully saturated rings. The largest absolute Gasteiger partial charge is 0.467 e. The van der Waals surface area contributed by atoms with Crippen LogP contribution in [0.4, 0.5) is 0 Å². The summed E-state index contributed by atoms with van der Waals surface area (Å²) < 4.78 is 19.0. The monoisotopic (exact) mass is 447 g/mol. The van der Waals surface area contributed by atoms with Crippen LogP contribution in [0, 0.1) is 0 Å². The molecule has 32 heavy (non-hydrogen) atoms. The Kier molecular flexibility index (Phi) is 5.30. The lowest BCUT2D eigenvalue weighted by atomic mass is 10.3. The minimum atomic E-state index is -0.465. The number of benzene rings is 1. The first kappa shape index (κ1) is 19.8. The van der Waals surface area contributed by atoms with E-state index in [4.69, 9.17) is 13.3 Å². The van der Waals surface area contributed by atoms with Crippen LogP contribution in [0.5, 0.6) is 0 Å². The second kappa shape index (κ2) is 8.56. The molecular formula is C23H17N3O5S. The zero-order valence-electron chi connectivity index (χ0n) is 16.7. The topological polar surface area (TPSA) is 103 Å². The maximum Gasteiger partial charge on any atom is 0.315 e. The normalized spacial score (nSPS) is 11.8. The summed E-state index contributed by atoms with van der Waals surface area (Å²) in [7, 11) is 0. The Morgan fingerprint density at radius 1 is 0.906 bits per heavy atom. The number of aromatic nitrogens is 1. The molecule has 0 aliphatic rings. The summed E-state index contributed by atoms with van der Waals surface area (Å²) in [6.45, 7) is 0.573. The van der Waals surface area contributed by atoms with Crippen molar-refractivity contribution in [3.63, 3.8) is 0 Å². The van der Waals surface area contributed by atoms with Gasteiger partial charge in [0.05, 0.1) is 35.8 Å². The molecule has 0 atom stereocenters. The van der Waals surface area contributed by atoms with Crippen LogP contribution in [0.15, 0.2) is 91.4 Å². The van der Waals surface area contributed by atoms with Gasteiger partial charge in [0.2, 0.25) is 0 Å². The molecular weight excluding hydrogens is 430 g/mol. The quantitative estimate of drug-likeness (QED) is 0.420. The molecule has 0 aliphatic carbocycles. The highest BCUT2D eigenvalue weighted by molar-refractivity contribution is 7.16. The molecule has 1 aromatic carbocycles. The van der Waals surface area contributed by atoms with Gasteiger partial charge in [0.25, 0.3) is 5.91 Å². The lowest BCUT2D eigenvalue weighted by molar-refractivity contribution is 0.0917. The van der Waals surface area contributed by atoms with E-state index < -0.39 is 5.91 Å². The van der Waals surface area contributed by atoms with E-state index in [0.717, 1.165) is 10.2 Å². The Balaban J connectivity index is 1.42. The van der Waals surface area contributed by atoms with E-state index in [-0.39, 0.29) is 24.0 Å². The Labute approximate surface area is 185 Å². The minimum absolute atomic E-state index is 0.169. The highest BCUT2D eigenvalue weighted by Gasteiger charge is 2.15. The van der Waals surface area contributed by atoms with Crippen LogP contribution in [-0.2, 0) is 13.1 Å². The van der Waals surface area contributed by atoms with Crippen LogP contribution >= 0.6 is 11.3 Å². The van der Waals surface area contributed by atoms with Crippen LogP contribution in [0.2, 0.25) is 0 Å². The van der Waals surface area contributed by atoms with Crippen LogP contribution in [0.1, 0.15) is 32.6 Å². The second-order valence-corrected chi connectivity index (χ2v) is 7.87. The molecule has 0 aliphatic heterocycles. The van der Waals surface area contributed by atoms with Gasteiger partial charge in [0.15, 0.2) is 16.3 Å². The highest BCUT2D eigenvalue weighted by atomic mass is 32.1. The van der Waals surface area contributed by atoms with Crippen LogP contribution in [0.3, 0.4) is 0 Å². The lowest BCUT2D eigenvalue weighted by Gasteiger charge is -2.03. The second-order valence-electron chi connectivity index (χ2n) is 6.86. The van der Waals surface area contributed by atoms with Crippen molar-refractivity contribution >= 4 is 33.4 Å². The number of hydrogen-bond acceptors (Lipinski definition) is 6. The summed E-state index contributed by atoms with van der Waals surface area (Å²) in [5, 5.41) is 2.75. The summed E-state index contributed by atoms with van der Waals surface area (Å²) in [6.07, 6.45) is 2.98. The third-order valence-electron chi connectivity index (χ3n) is 4.72. The zero-order chi connectivity index (χ0) is 21.9. The molecule has 0 bridgehead atoms. The van der Waals surface area contributed by atoms with E-state index in [9.17, 15) is 9.59 Å². The predicted molar refractivity (Wildman–Crippen MR) is 116 cm³/mol. The van der Waals surface area contributed by atoms with Gasteiger partial charge in [-0.3, -0.25) is 9.59 Å². The molecule has 0 radical (unpaired) electrons. The Morgan fingerprint density at radius 3 is 2.56 bits per heavy atom. The van der Waals surface area contributed by atoms with Gasteiger partial charge in [0.1, 0.15) is 11.5 Å². The summed E-state index contributed by atoms with van der Waals surface area (Å²) in [5.74, 6) is 0.763. The van der Waals surface area contributed by atoms with Gasteiger partial charge < -0.3 is 23.1 Å². The van der Waals surface area contributed by atoms with Crippen molar-refractivity contribution in [2.24, 2.45) is 4.99 Å². The zero-order valence-corrected chi connectivity index (χ0v) is 17.5. The Hall–Kier alpha value is -4.11. The fourth-order valence-electron chi connectivity index (χ4n) is 3.21. The average molecular weight is 447 g/mol. The van der Waals surface area contributed by atoms with E-state index >= 15 is 0 Å². The first-order chi connectivity index (χ1) is 15.7. The van der Waals surface area contributed by atoms with E-state index in [2.05, 4.69) is 10.3 Å². The van der Waals surface area contributed by atoms with Crippen LogP contribution in [0.25, 0.3) is 10.2 Å². The van der Waals surface area contributed by atoms with Gasteiger partial charge in [-0.1, -0.05) is 23.5 Å². The molecule has 5 rings (SSSR count). The maximum atomic E-state index is 12.5. The Morgan fingerprint density at radius 2 is 1.75 bits per heavy atom. The van der Waals surface area contributed by atoms with Crippen LogP contribution in [-0.4, -0.2) is 16.4 Å². The van der Waals surface area contributed by atoms with E-state index in [1.54, 1.807) is 42.7 Å². The van der Waals surface area contributed by atoms with Crippen molar-refractivity contribution in [3.8, 4) is 0 Å². The number of nitrogens with zero attached hydrogens (tertiary/aromatic N) is 2. The SMILES string of the molecule is O=C(N=c1sc2ccccc2n1Cc1ccc(C(=O)NCc2ccco2)o1)c1ccco1. The fraction of sp³-hybridized carbons (Fsp3) is 0.0870. The molecule has 0 saturated carbocycles. The fourth-order valence-corrected chi connectivity index (χ4v) is 4.24. The molecule has 4 aromatic heterocycles. The molecule has 8 nitrogen and oxygen atoms in total. The van der Waals surface area contributed by atoms with E-state index in [0.29, 0.717) is 22.9 Å². The highest BCUT2D eigenvalue weighted by Crippen LogP contribution is 2.19. The Bertz CT molecular complexity index is 1440. The number of amides is 2. The standard InChI is InChI=1S/C23H17N3O5S/c27-21(24-13-15-5-3-11-29-15)19-10-9-16(31-19)14-26-17-6-1-2-8-20(17)32-23(26)25-22(28)18-7-4-12-30-18/h1-12H,13-14H2,(H,24,27). The first-order valence-electron chi connectivity index (χ1n) is 9.77. The predicted octanol–water partition coefficient (Wildman–Crippen LogP) is 4.20. The van der Waals surface area contributed by atoms with Crippen molar-refractivity contribution in [2.45, 2.75) is 13.1 Å².